The molecule has 0 aliphatic heterocycles. The minimum atomic E-state index is -3.78. The fourth-order valence-corrected chi connectivity index (χ4v) is 4.91. The van der Waals surface area contributed by atoms with Gasteiger partial charge in [-0.2, -0.15) is 0 Å². The van der Waals surface area contributed by atoms with Gasteiger partial charge < -0.3 is 0 Å². The number of nitrogens with one attached hydrogen (secondary N) is 1. The Bertz CT molecular complexity index is 610. The SMILES string of the molecule is Cc1ccc(F)cc1S(=O)(=O)NC1(CCl)CCC(C)CC1. The second-order valence-corrected chi connectivity index (χ2v) is 8.03. The molecule has 1 aliphatic rings. The standard InChI is InChI=1S/C15H21ClFNO2S/c1-11-5-7-15(10-16,8-6-11)18-21(19,20)14-9-13(17)4-3-12(14)2/h3-4,9,11,18H,5-8,10H2,1-2H3. The van der Waals surface area contributed by atoms with Gasteiger partial charge in [0.05, 0.1) is 4.90 Å². The highest BCUT2D eigenvalue weighted by Gasteiger charge is 2.37. The van der Waals surface area contributed by atoms with Crippen LogP contribution in [0.4, 0.5) is 4.39 Å². The van der Waals surface area contributed by atoms with Gasteiger partial charge in [0.2, 0.25) is 10.0 Å². The molecule has 1 aromatic rings. The molecule has 0 radical (unpaired) electrons. The molecule has 1 fully saturated rings. The van der Waals surface area contributed by atoms with E-state index in [0.29, 0.717) is 24.3 Å². The van der Waals surface area contributed by atoms with Crippen LogP contribution in [0.2, 0.25) is 0 Å². The summed E-state index contributed by atoms with van der Waals surface area (Å²) in [6, 6.07) is 3.79. The van der Waals surface area contributed by atoms with E-state index >= 15 is 0 Å². The first-order valence-corrected chi connectivity index (χ1v) is 9.16. The van der Waals surface area contributed by atoms with E-state index in [4.69, 9.17) is 11.6 Å². The van der Waals surface area contributed by atoms with Gasteiger partial charge in [-0.15, -0.1) is 11.6 Å². The maximum Gasteiger partial charge on any atom is 0.241 e. The average molecular weight is 334 g/mol. The van der Waals surface area contributed by atoms with Gasteiger partial charge in [0, 0.05) is 11.4 Å². The molecule has 0 heterocycles. The van der Waals surface area contributed by atoms with E-state index in [9.17, 15) is 12.8 Å². The minimum absolute atomic E-state index is 0.00869. The summed E-state index contributed by atoms with van der Waals surface area (Å²) in [5, 5.41) is 0. The Hall–Kier alpha value is -0.650. The summed E-state index contributed by atoms with van der Waals surface area (Å²) in [5.74, 6) is 0.257. The fourth-order valence-electron chi connectivity index (χ4n) is 2.78. The maximum absolute atomic E-state index is 13.4. The summed E-state index contributed by atoms with van der Waals surface area (Å²) < 4.78 is 41.3. The highest BCUT2D eigenvalue weighted by Crippen LogP contribution is 2.34. The third kappa shape index (κ3) is 3.76. The monoisotopic (exact) mass is 333 g/mol. The van der Waals surface area contributed by atoms with Crippen molar-refractivity contribution in [3.05, 3.63) is 29.6 Å². The van der Waals surface area contributed by atoms with E-state index in [-0.39, 0.29) is 10.8 Å². The summed E-state index contributed by atoms with van der Waals surface area (Å²) in [6.07, 6.45) is 3.31. The van der Waals surface area contributed by atoms with Gasteiger partial charge in [0.25, 0.3) is 0 Å². The van der Waals surface area contributed by atoms with Crippen molar-refractivity contribution in [3.8, 4) is 0 Å². The number of hydrogen-bond acceptors (Lipinski definition) is 2. The molecule has 0 aromatic heterocycles. The summed E-state index contributed by atoms with van der Waals surface area (Å²) in [4.78, 5) is -0.00869. The molecular formula is C15H21ClFNO2S. The molecular weight excluding hydrogens is 313 g/mol. The van der Waals surface area contributed by atoms with Gasteiger partial charge in [-0.1, -0.05) is 13.0 Å². The van der Waals surface area contributed by atoms with Crippen LogP contribution in [-0.2, 0) is 10.0 Å². The summed E-state index contributed by atoms with van der Waals surface area (Å²) in [6.45, 7) is 3.81. The Labute approximate surface area is 130 Å². The van der Waals surface area contributed by atoms with Crippen molar-refractivity contribution >= 4 is 21.6 Å². The van der Waals surface area contributed by atoms with E-state index in [1.807, 2.05) is 0 Å². The van der Waals surface area contributed by atoms with Crippen molar-refractivity contribution < 1.29 is 12.8 Å². The molecule has 0 saturated heterocycles. The Kier molecular flexibility index (Phi) is 4.96. The van der Waals surface area contributed by atoms with Gasteiger partial charge in [-0.05, 0) is 56.2 Å². The van der Waals surface area contributed by atoms with Crippen molar-refractivity contribution in [2.45, 2.75) is 50.0 Å². The molecule has 0 unspecified atom stereocenters. The molecule has 3 nitrogen and oxygen atoms in total. The highest BCUT2D eigenvalue weighted by atomic mass is 35.5. The molecule has 0 bridgehead atoms. The number of hydrogen-bond donors (Lipinski definition) is 1. The van der Waals surface area contributed by atoms with Crippen LogP contribution in [0.25, 0.3) is 0 Å². The Morgan fingerprint density at radius 3 is 2.57 bits per heavy atom. The van der Waals surface area contributed by atoms with Gasteiger partial charge in [0.1, 0.15) is 5.82 Å². The second-order valence-electron chi connectivity index (χ2n) is 6.11. The van der Waals surface area contributed by atoms with Crippen LogP contribution in [0.1, 0.15) is 38.2 Å². The van der Waals surface area contributed by atoms with E-state index in [2.05, 4.69) is 11.6 Å². The quantitative estimate of drug-likeness (QED) is 0.856. The molecule has 1 saturated carbocycles. The molecule has 1 N–H and O–H groups in total. The fraction of sp³-hybridized carbons (Fsp3) is 0.600. The number of aryl methyl sites for hydroxylation is 1. The summed E-state index contributed by atoms with van der Waals surface area (Å²) >= 11 is 6.05. The third-order valence-corrected chi connectivity index (χ3v) is 6.51. The van der Waals surface area contributed by atoms with Crippen molar-refractivity contribution in [1.29, 1.82) is 0 Å². The summed E-state index contributed by atoms with van der Waals surface area (Å²) in [7, 11) is -3.78. The lowest BCUT2D eigenvalue weighted by atomic mass is 9.79. The van der Waals surface area contributed by atoms with Gasteiger partial charge in [-0.3, -0.25) is 0 Å². The van der Waals surface area contributed by atoms with Gasteiger partial charge in [-0.25, -0.2) is 17.5 Å². The maximum atomic E-state index is 13.4. The molecule has 0 atom stereocenters. The predicted octanol–water partition coefficient (Wildman–Crippen LogP) is 3.60. The van der Waals surface area contributed by atoms with Crippen LogP contribution < -0.4 is 4.72 Å². The molecule has 0 amide bonds. The minimum Gasteiger partial charge on any atom is -0.207 e. The molecule has 6 heteroatoms. The average Bonchev–Trinajstić information content (AvgIpc) is 2.44. The van der Waals surface area contributed by atoms with E-state index in [1.54, 1.807) is 6.92 Å². The number of halogens is 2. The first-order valence-electron chi connectivity index (χ1n) is 7.14. The Morgan fingerprint density at radius 2 is 2.00 bits per heavy atom. The normalized spacial score (nSPS) is 26.8. The van der Waals surface area contributed by atoms with Crippen LogP contribution in [-0.4, -0.2) is 19.8 Å². The zero-order chi connectivity index (χ0) is 15.7. The second kappa shape index (κ2) is 6.23. The number of sulfonamides is 1. The lowest BCUT2D eigenvalue weighted by Gasteiger charge is -2.38. The predicted molar refractivity (Wildman–Crippen MR) is 82.5 cm³/mol. The van der Waals surface area contributed by atoms with Crippen LogP contribution in [0.15, 0.2) is 23.1 Å². The molecule has 0 spiro atoms. The molecule has 21 heavy (non-hydrogen) atoms. The molecule has 1 aromatic carbocycles. The molecule has 1 aliphatic carbocycles. The first-order chi connectivity index (χ1) is 9.78. The molecule has 2 rings (SSSR count). The zero-order valence-electron chi connectivity index (χ0n) is 12.3. The Balaban J connectivity index is 2.29. The van der Waals surface area contributed by atoms with Gasteiger partial charge >= 0.3 is 0 Å². The van der Waals surface area contributed by atoms with E-state index in [0.717, 1.165) is 18.9 Å². The lowest BCUT2D eigenvalue weighted by Crippen LogP contribution is -2.52. The summed E-state index contributed by atoms with van der Waals surface area (Å²) in [5.41, 5.74) is -0.0936. The van der Waals surface area contributed by atoms with Crippen LogP contribution in [0.5, 0.6) is 0 Å². The number of rotatable bonds is 4. The Morgan fingerprint density at radius 1 is 1.38 bits per heavy atom. The number of alkyl halides is 1. The van der Waals surface area contributed by atoms with Gasteiger partial charge in [0.15, 0.2) is 0 Å². The first kappa shape index (κ1) is 16.7. The largest absolute Gasteiger partial charge is 0.241 e. The highest BCUT2D eigenvalue weighted by molar-refractivity contribution is 7.89. The van der Waals surface area contributed by atoms with E-state index < -0.39 is 21.4 Å². The third-order valence-electron chi connectivity index (χ3n) is 4.28. The lowest BCUT2D eigenvalue weighted by molar-refractivity contribution is 0.247. The smallest absolute Gasteiger partial charge is 0.207 e. The zero-order valence-corrected chi connectivity index (χ0v) is 13.9. The van der Waals surface area contributed by atoms with Crippen LogP contribution >= 0.6 is 11.6 Å². The van der Waals surface area contributed by atoms with Crippen molar-refractivity contribution in [2.75, 3.05) is 5.88 Å². The van der Waals surface area contributed by atoms with Crippen molar-refractivity contribution in [1.82, 2.24) is 4.72 Å². The van der Waals surface area contributed by atoms with Crippen LogP contribution in [0, 0.1) is 18.7 Å². The van der Waals surface area contributed by atoms with E-state index in [1.165, 1.54) is 12.1 Å². The van der Waals surface area contributed by atoms with Crippen LogP contribution in [0.3, 0.4) is 0 Å². The topological polar surface area (TPSA) is 46.2 Å². The van der Waals surface area contributed by atoms with Crippen molar-refractivity contribution in [2.24, 2.45) is 5.92 Å². The van der Waals surface area contributed by atoms with Crippen molar-refractivity contribution in [3.63, 3.8) is 0 Å². The number of benzene rings is 1. The molecule has 118 valence electrons.